The first-order valence-electron chi connectivity index (χ1n) is 7.22. The van der Waals surface area contributed by atoms with Crippen molar-refractivity contribution in [1.82, 2.24) is 15.5 Å². The van der Waals surface area contributed by atoms with Crippen LogP contribution in [-0.4, -0.2) is 42.4 Å². The van der Waals surface area contributed by atoms with Gasteiger partial charge in [-0.25, -0.2) is 0 Å². The van der Waals surface area contributed by atoms with E-state index in [-0.39, 0.29) is 36.3 Å². The number of hydrogen-bond donors (Lipinski definition) is 2. The van der Waals surface area contributed by atoms with Crippen LogP contribution < -0.4 is 10.6 Å². The van der Waals surface area contributed by atoms with Gasteiger partial charge in [0.25, 0.3) is 0 Å². The van der Waals surface area contributed by atoms with Crippen LogP contribution in [0.15, 0.2) is 24.3 Å². The van der Waals surface area contributed by atoms with Crippen LogP contribution in [0.25, 0.3) is 0 Å². The summed E-state index contributed by atoms with van der Waals surface area (Å²) in [4.78, 5) is 25.9. The van der Waals surface area contributed by atoms with Gasteiger partial charge in [0.05, 0.1) is 6.04 Å². The third-order valence-corrected chi connectivity index (χ3v) is 4.43. The second kappa shape index (κ2) is 7.31. The molecule has 0 spiro atoms. The molecule has 2 fully saturated rings. The Kier molecular flexibility index (Phi) is 5.67. The first kappa shape index (κ1) is 17.1. The standard InChI is InChI=1S/C15H18ClN3O2.ClH/c16-11-4-2-1-3-10(11)13-9-17-7-8-19(13)15(21)12-5-6-14(20)18-12;/h1-4,12-13,17H,5-9H2,(H,18,20);1H/t12-,13?;/m0./s1. The maximum Gasteiger partial charge on any atom is 0.245 e. The average Bonchev–Trinajstić information content (AvgIpc) is 2.94. The quantitative estimate of drug-likeness (QED) is 0.855. The van der Waals surface area contributed by atoms with Crippen molar-refractivity contribution in [3.8, 4) is 0 Å². The molecule has 2 saturated heterocycles. The van der Waals surface area contributed by atoms with Crippen LogP contribution in [0.2, 0.25) is 5.02 Å². The minimum absolute atomic E-state index is 0. The third kappa shape index (κ3) is 3.37. The largest absolute Gasteiger partial charge is 0.344 e. The summed E-state index contributed by atoms with van der Waals surface area (Å²) in [5, 5.41) is 6.73. The van der Waals surface area contributed by atoms with E-state index in [1.54, 1.807) is 0 Å². The van der Waals surface area contributed by atoms with E-state index in [9.17, 15) is 9.59 Å². The van der Waals surface area contributed by atoms with Crippen LogP contribution >= 0.6 is 24.0 Å². The molecule has 0 saturated carbocycles. The molecule has 2 aliphatic rings. The number of carbonyl (C=O) groups is 2. The molecule has 1 aromatic rings. The molecular formula is C15H19Cl2N3O2. The van der Waals surface area contributed by atoms with Gasteiger partial charge in [-0.05, 0) is 18.1 Å². The average molecular weight is 344 g/mol. The van der Waals surface area contributed by atoms with E-state index < -0.39 is 0 Å². The van der Waals surface area contributed by atoms with Crippen molar-refractivity contribution < 1.29 is 9.59 Å². The van der Waals surface area contributed by atoms with E-state index in [1.165, 1.54) is 0 Å². The number of piperazine rings is 1. The van der Waals surface area contributed by atoms with Crippen molar-refractivity contribution in [1.29, 1.82) is 0 Å². The maximum absolute atomic E-state index is 12.7. The molecule has 1 aromatic carbocycles. The van der Waals surface area contributed by atoms with Crippen LogP contribution in [0, 0.1) is 0 Å². The van der Waals surface area contributed by atoms with E-state index >= 15 is 0 Å². The van der Waals surface area contributed by atoms with Crippen molar-refractivity contribution in [2.75, 3.05) is 19.6 Å². The van der Waals surface area contributed by atoms with Gasteiger partial charge in [0, 0.05) is 31.1 Å². The highest BCUT2D eigenvalue weighted by molar-refractivity contribution is 6.31. The van der Waals surface area contributed by atoms with Crippen LogP contribution in [0.4, 0.5) is 0 Å². The SMILES string of the molecule is Cl.O=C1CC[C@@H](C(=O)N2CCNCC2c2ccccc2Cl)N1. The summed E-state index contributed by atoms with van der Waals surface area (Å²) in [5.41, 5.74) is 0.948. The number of rotatable bonds is 2. The Balaban J connectivity index is 0.00000176. The van der Waals surface area contributed by atoms with Crippen molar-refractivity contribution in [3.05, 3.63) is 34.9 Å². The summed E-state index contributed by atoms with van der Waals surface area (Å²) in [6.45, 7) is 2.06. The summed E-state index contributed by atoms with van der Waals surface area (Å²) in [5.74, 6) is -0.0509. The zero-order valence-corrected chi connectivity index (χ0v) is 13.6. The molecule has 2 amide bonds. The van der Waals surface area contributed by atoms with Gasteiger partial charge in [-0.15, -0.1) is 12.4 Å². The predicted octanol–water partition coefficient (Wildman–Crippen LogP) is 1.51. The zero-order valence-electron chi connectivity index (χ0n) is 12.0. The zero-order chi connectivity index (χ0) is 14.8. The summed E-state index contributed by atoms with van der Waals surface area (Å²) in [7, 11) is 0. The molecule has 2 N–H and O–H groups in total. The van der Waals surface area contributed by atoms with Crippen LogP contribution in [0.1, 0.15) is 24.4 Å². The Bertz CT molecular complexity index is 567. The molecule has 2 heterocycles. The number of nitrogens with one attached hydrogen (secondary N) is 2. The van der Waals surface area contributed by atoms with Gasteiger partial charge in [0.15, 0.2) is 0 Å². The van der Waals surface area contributed by atoms with Gasteiger partial charge in [-0.1, -0.05) is 29.8 Å². The molecule has 22 heavy (non-hydrogen) atoms. The van der Waals surface area contributed by atoms with Crippen molar-refractivity contribution in [3.63, 3.8) is 0 Å². The summed E-state index contributed by atoms with van der Waals surface area (Å²) in [6, 6.07) is 7.12. The highest BCUT2D eigenvalue weighted by Gasteiger charge is 2.36. The predicted molar refractivity (Wildman–Crippen MR) is 87.2 cm³/mol. The Hall–Kier alpha value is -1.30. The maximum atomic E-state index is 12.7. The van der Waals surface area contributed by atoms with Crippen LogP contribution in [0.3, 0.4) is 0 Å². The van der Waals surface area contributed by atoms with Crippen LogP contribution in [-0.2, 0) is 9.59 Å². The molecular weight excluding hydrogens is 325 g/mol. The number of amides is 2. The molecule has 2 aliphatic heterocycles. The molecule has 7 heteroatoms. The molecule has 5 nitrogen and oxygen atoms in total. The Morgan fingerprint density at radius 2 is 2.09 bits per heavy atom. The molecule has 3 rings (SSSR count). The lowest BCUT2D eigenvalue weighted by Crippen LogP contribution is -2.53. The van der Waals surface area contributed by atoms with E-state index in [4.69, 9.17) is 11.6 Å². The van der Waals surface area contributed by atoms with Crippen molar-refractivity contribution in [2.24, 2.45) is 0 Å². The fourth-order valence-corrected chi connectivity index (χ4v) is 3.25. The highest BCUT2D eigenvalue weighted by atomic mass is 35.5. The normalized spacial score (nSPS) is 24.6. The second-order valence-electron chi connectivity index (χ2n) is 5.43. The monoisotopic (exact) mass is 343 g/mol. The second-order valence-corrected chi connectivity index (χ2v) is 5.84. The highest BCUT2D eigenvalue weighted by Crippen LogP contribution is 2.29. The number of carbonyl (C=O) groups excluding carboxylic acids is 2. The lowest BCUT2D eigenvalue weighted by molar-refractivity contribution is -0.137. The molecule has 1 unspecified atom stereocenters. The summed E-state index contributed by atoms with van der Waals surface area (Å²) < 4.78 is 0. The number of nitrogens with zero attached hydrogens (tertiary/aromatic N) is 1. The number of halogens is 2. The van der Waals surface area contributed by atoms with Gasteiger partial charge in [0.1, 0.15) is 6.04 Å². The first-order chi connectivity index (χ1) is 10.2. The van der Waals surface area contributed by atoms with Gasteiger partial charge < -0.3 is 15.5 Å². The molecule has 2 atom stereocenters. The summed E-state index contributed by atoms with van der Waals surface area (Å²) in [6.07, 6.45) is 1.01. The van der Waals surface area contributed by atoms with Gasteiger partial charge in [0.2, 0.25) is 11.8 Å². The lowest BCUT2D eigenvalue weighted by Gasteiger charge is -2.38. The molecule has 120 valence electrons. The van der Waals surface area contributed by atoms with E-state index in [2.05, 4.69) is 10.6 Å². The fourth-order valence-electron chi connectivity index (χ4n) is 2.99. The third-order valence-electron chi connectivity index (χ3n) is 4.08. The van der Waals surface area contributed by atoms with Gasteiger partial charge in [-0.2, -0.15) is 0 Å². The Morgan fingerprint density at radius 3 is 2.77 bits per heavy atom. The molecule has 0 bridgehead atoms. The molecule has 0 radical (unpaired) electrons. The smallest absolute Gasteiger partial charge is 0.245 e. The van der Waals surface area contributed by atoms with Gasteiger partial charge in [-0.3, -0.25) is 9.59 Å². The first-order valence-corrected chi connectivity index (χ1v) is 7.59. The lowest BCUT2D eigenvalue weighted by atomic mass is 10.0. The molecule has 0 aliphatic carbocycles. The minimum Gasteiger partial charge on any atom is -0.344 e. The fraction of sp³-hybridized carbons (Fsp3) is 0.467. The Labute approximate surface area is 140 Å². The topological polar surface area (TPSA) is 61.4 Å². The Morgan fingerprint density at radius 1 is 1.32 bits per heavy atom. The summed E-state index contributed by atoms with van der Waals surface area (Å²) >= 11 is 6.27. The van der Waals surface area contributed by atoms with Crippen LogP contribution in [0.5, 0.6) is 0 Å². The van der Waals surface area contributed by atoms with E-state index in [1.807, 2.05) is 29.2 Å². The van der Waals surface area contributed by atoms with E-state index in [0.717, 1.165) is 12.1 Å². The van der Waals surface area contributed by atoms with Gasteiger partial charge >= 0.3 is 0 Å². The minimum atomic E-state index is -0.388. The molecule has 0 aromatic heterocycles. The number of hydrogen-bond acceptors (Lipinski definition) is 3. The van der Waals surface area contributed by atoms with Crippen molar-refractivity contribution in [2.45, 2.75) is 24.9 Å². The van der Waals surface area contributed by atoms with E-state index in [0.29, 0.717) is 31.0 Å². The number of benzene rings is 1. The van der Waals surface area contributed by atoms with Crippen molar-refractivity contribution >= 4 is 35.8 Å².